The van der Waals surface area contributed by atoms with Crippen molar-refractivity contribution in [3.05, 3.63) is 49.2 Å². The first-order valence-corrected chi connectivity index (χ1v) is 7.58. The van der Waals surface area contributed by atoms with Crippen LogP contribution in [-0.2, 0) is 7.05 Å². The Bertz CT molecular complexity index is 1110. The molecule has 0 fully saturated rings. The van der Waals surface area contributed by atoms with E-state index in [2.05, 4.69) is 21.6 Å². The molecule has 0 aliphatic heterocycles. The molecule has 0 saturated heterocycles. The molecular formula is C17H15FN6O. The number of ether oxygens (including phenoxy) is 1. The van der Waals surface area contributed by atoms with Crippen LogP contribution in [0.15, 0.2) is 43.4 Å². The lowest BCUT2D eigenvalue weighted by molar-refractivity contribution is 0.342. The van der Waals surface area contributed by atoms with Crippen LogP contribution in [-0.4, -0.2) is 30.9 Å². The number of fused-ring (bicyclic) bond motifs is 2. The maximum atomic E-state index is 14.4. The first-order valence-electron chi connectivity index (χ1n) is 7.58. The van der Waals surface area contributed by atoms with Gasteiger partial charge in [0.1, 0.15) is 24.1 Å². The highest BCUT2D eigenvalue weighted by Crippen LogP contribution is 2.31. The van der Waals surface area contributed by atoms with Gasteiger partial charge in [-0.05, 0) is 12.1 Å². The highest BCUT2D eigenvalue weighted by Gasteiger charge is 2.18. The van der Waals surface area contributed by atoms with Gasteiger partial charge in [0.25, 0.3) is 0 Å². The van der Waals surface area contributed by atoms with E-state index in [0.29, 0.717) is 28.2 Å². The number of nitrogen functional groups attached to an aromatic ring is 1. The molecule has 8 heteroatoms. The van der Waals surface area contributed by atoms with Crippen molar-refractivity contribution in [2.75, 3.05) is 12.3 Å². The minimum absolute atomic E-state index is 0.180. The van der Waals surface area contributed by atoms with E-state index in [-0.39, 0.29) is 12.4 Å². The molecule has 0 bridgehead atoms. The van der Waals surface area contributed by atoms with Gasteiger partial charge in [0.05, 0.1) is 5.52 Å². The second-order valence-corrected chi connectivity index (χ2v) is 5.53. The number of aromatic nitrogens is 5. The van der Waals surface area contributed by atoms with Crippen LogP contribution in [0.5, 0.6) is 5.75 Å². The van der Waals surface area contributed by atoms with E-state index in [1.165, 1.54) is 12.4 Å². The quantitative estimate of drug-likeness (QED) is 0.578. The molecule has 0 saturated carbocycles. The number of aryl methyl sites for hydroxylation is 1. The second-order valence-electron chi connectivity index (χ2n) is 5.53. The smallest absolute Gasteiger partial charge is 0.172 e. The van der Waals surface area contributed by atoms with Crippen molar-refractivity contribution in [2.24, 2.45) is 7.05 Å². The minimum atomic E-state index is -0.459. The fraction of sp³-hybridized carbons (Fsp3) is 0.118. The molecule has 0 spiro atoms. The van der Waals surface area contributed by atoms with Crippen LogP contribution in [0.1, 0.15) is 0 Å². The second kappa shape index (κ2) is 5.59. The Morgan fingerprint density at radius 2 is 2.20 bits per heavy atom. The van der Waals surface area contributed by atoms with E-state index in [1.807, 2.05) is 6.07 Å². The van der Waals surface area contributed by atoms with Gasteiger partial charge in [-0.3, -0.25) is 4.57 Å². The summed E-state index contributed by atoms with van der Waals surface area (Å²) in [6.45, 7) is 3.80. The molecule has 4 aromatic rings. The average molecular weight is 338 g/mol. The first-order chi connectivity index (χ1) is 12.1. The molecule has 1 aromatic carbocycles. The van der Waals surface area contributed by atoms with Crippen LogP contribution in [0.4, 0.5) is 10.2 Å². The van der Waals surface area contributed by atoms with E-state index < -0.39 is 5.82 Å². The summed E-state index contributed by atoms with van der Waals surface area (Å²) in [7, 11) is 1.77. The Kier molecular flexibility index (Phi) is 3.38. The zero-order chi connectivity index (χ0) is 17.6. The first kappa shape index (κ1) is 15.1. The third-order valence-corrected chi connectivity index (χ3v) is 3.96. The topological polar surface area (TPSA) is 83.8 Å². The fourth-order valence-electron chi connectivity index (χ4n) is 2.84. The summed E-state index contributed by atoms with van der Waals surface area (Å²) in [6, 6.07) is 4.92. The van der Waals surface area contributed by atoms with Crippen LogP contribution in [0.3, 0.4) is 0 Å². The minimum Gasteiger partial charge on any atom is -0.486 e. The van der Waals surface area contributed by atoms with Crippen molar-refractivity contribution < 1.29 is 9.13 Å². The summed E-state index contributed by atoms with van der Waals surface area (Å²) in [5.41, 5.74) is 7.26. The van der Waals surface area contributed by atoms with Crippen molar-refractivity contribution >= 4 is 27.8 Å². The number of nitrogens with zero attached hydrogens (tertiary/aromatic N) is 5. The third-order valence-electron chi connectivity index (χ3n) is 3.96. The van der Waals surface area contributed by atoms with Gasteiger partial charge in [-0.25, -0.2) is 19.0 Å². The Hall–Kier alpha value is -3.42. The lowest BCUT2D eigenvalue weighted by Gasteiger charge is -2.07. The molecule has 0 atom stereocenters. The fourth-order valence-corrected chi connectivity index (χ4v) is 2.84. The number of rotatable bonds is 4. The number of nitrogens with two attached hydrogens (primary N) is 1. The summed E-state index contributed by atoms with van der Waals surface area (Å²) in [6.07, 6.45) is 4.76. The van der Waals surface area contributed by atoms with Crippen molar-refractivity contribution in [1.29, 1.82) is 0 Å². The van der Waals surface area contributed by atoms with Gasteiger partial charge in [-0.2, -0.15) is 5.10 Å². The number of hydrogen-bond acceptors (Lipinski definition) is 5. The molecule has 0 unspecified atom stereocenters. The van der Waals surface area contributed by atoms with Crippen LogP contribution in [0.2, 0.25) is 0 Å². The third kappa shape index (κ3) is 2.30. The molecule has 0 aliphatic rings. The SMILES string of the molecule is C=CCOc1cc2ccn(-c3nn(C)c4ncnc(N)c34)c2cc1F. The molecule has 3 heterocycles. The zero-order valence-corrected chi connectivity index (χ0v) is 13.5. The Morgan fingerprint density at radius 3 is 3.00 bits per heavy atom. The molecule has 4 rings (SSSR count). The van der Waals surface area contributed by atoms with E-state index in [9.17, 15) is 4.39 Å². The standard InChI is InChI=1S/C17H15FN6O/c1-3-6-25-13-7-10-4-5-24(12(10)8-11(13)18)17-14-15(19)20-9-21-16(14)23(2)22-17/h3-5,7-9H,1,6H2,2H3,(H2,19,20,21). The maximum Gasteiger partial charge on any atom is 0.172 e. The summed E-state index contributed by atoms with van der Waals surface area (Å²) >= 11 is 0. The molecular weight excluding hydrogens is 323 g/mol. The Balaban J connectivity index is 1.94. The zero-order valence-electron chi connectivity index (χ0n) is 13.5. The lowest BCUT2D eigenvalue weighted by Crippen LogP contribution is -1.99. The van der Waals surface area contributed by atoms with Crippen molar-refractivity contribution in [1.82, 2.24) is 24.3 Å². The molecule has 126 valence electrons. The normalized spacial score (nSPS) is 11.3. The summed E-state index contributed by atoms with van der Waals surface area (Å²) in [5, 5.41) is 5.91. The van der Waals surface area contributed by atoms with E-state index in [1.54, 1.807) is 34.6 Å². The molecule has 0 amide bonds. The maximum absolute atomic E-state index is 14.4. The predicted octanol–water partition coefficient (Wildman–Crippen LogP) is 2.59. The summed E-state index contributed by atoms with van der Waals surface area (Å²) in [4.78, 5) is 8.24. The number of halogens is 1. The Labute approximate surface area is 142 Å². The number of anilines is 1. The highest BCUT2D eigenvalue weighted by molar-refractivity contribution is 5.94. The Morgan fingerprint density at radius 1 is 1.36 bits per heavy atom. The van der Waals surface area contributed by atoms with Gasteiger partial charge < -0.3 is 10.5 Å². The highest BCUT2D eigenvalue weighted by atomic mass is 19.1. The van der Waals surface area contributed by atoms with Crippen LogP contribution in [0.25, 0.3) is 27.8 Å². The van der Waals surface area contributed by atoms with Gasteiger partial charge in [0.2, 0.25) is 0 Å². The summed E-state index contributed by atoms with van der Waals surface area (Å²) < 4.78 is 23.1. The van der Waals surface area contributed by atoms with E-state index in [4.69, 9.17) is 10.5 Å². The molecule has 3 aromatic heterocycles. The molecule has 7 nitrogen and oxygen atoms in total. The average Bonchev–Trinajstić information content (AvgIpc) is 3.14. The van der Waals surface area contributed by atoms with Gasteiger partial charge >= 0.3 is 0 Å². The largest absolute Gasteiger partial charge is 0.486 e. The van der Waals surface area contributed by atoms with E-state index in [0.717, 1.165) is 5.39 Å². The van der Waals surface area contributed by atoms with Gasteiger partial charge in [0.15, 0.2) is 23.0 Å². The van der Waals surface area contributed by atoms with Gasteiger partial charge in [0, 0.05) is 24.7 Å². The van der Waals surface area contributed by atoms with Crippen molar-refractivity contribution in [3.8, 4) is 11.6 Å². The predicted molar refractivity (Wildman–Crippen MR) is 93.2 cm³/mol. The summed E-state index contributed by atoms with van der Waals surface area (Å²) in [5.74, 6) is 0.587. The van der Waals surface area contributed by atoms with Crippen molar-refractivity contribution in [3.63, 3.8) is 0 Å². The van der Waals surface area contributed by atoms with Crippen LogP contribution >= 0.6 is 0 Å². The van der Waals surface area contributed by atoms with E-state index >= 15 is 0 Å². The molecule has 0 radical (unpaired) electrons. The monoisotopic (exact) mass is 338 g/mol. The van der Waals surface area contributed by atoms with Crippen LogP contribution in [0, 0.1) is 5.82 Å². The molecule has 2 N–H and O–H groups in total. The van der Waals surface area contributed by atoms with Crippen LogP contribution < -0.4 is 10.5 Å². The number of hydrogen-bond donors (Lipinski definition) is 1. The lowest BCUT2D eigenvalue weighted by atomic mass is 10.2. The molecule has 0 aliphatic carbocycles. The molecule has 25 heavy (non-hydrogen) atoms. The van der Waals surface area contributed by atoms with Gasteiger partial charge in [-0.15, -0.1) is 0 Å². The van der Waals surface area contributed by atoms with Crippen molar-refractivity contribution in [2.45, 2.75) is 0 Å². The number of benzene rings is 1. The van der Waals surface area contributed by atoms with Gasteiger partial charge in [-0.1, -0.05) is 12.7 Å².